The van der Waals surface area contributed by atoms with Crippen LogP contribution in [0.1, 0.15) is 63.5 Å². The number of aryl methyl sites for hydroxylation is 2. The van der Waals surface area contributed by atoms with Gasteiger partial charge in [-0.1, -0.05) is 99.1 Å². The van der Waals surface area contributed by atoms with E-state index >= 15 is 0 Å². The first-order chi connectivity index (χ1) is 23.4. The van der Waals surface area contributed by atoms with Gasteiger partial charge in [-0.25, -0.2) is 0 Å². The van der Waals surface area contributed by atoms with E-state index in [1.54, 1.807) is 0 Å². The van der Waals surface area contributed by atoms with Gasteiger partial charge in [-0.05, 0) is 80.7 Å². The van der Waals surface area contributed by atoms with Crippen molar-refractivity contribution in [3.8, 4) is 0 Å². The number of para-hydroxylation sites is 1. The Bertz CT molecular complexity index is 1340. The summed E-state index contributed by atoms with van der Waals surface area (Å²) in [5.41, 5.74) is 15.6. The Morgan fingerprint density at radius 1 is 0.750 bits per heavy atom. The Hall–Kier alpha value is -3.72. The predicted octanol–water partition coefficient (Wildman–Crippen LogP) is 5.23. The van der Waals surface area contributed by atoms with Crippen LogP contribution in [-0.2, 0) is 22.4 Å². The number of carbonyl (C=O) groups is 2. The van der Waals surface area contributed by atoms with Crippen LogP contribution in [0.5, 0.6) is 0 Å². The molecule has 0 aromatic heterocycles. The van der Waals surface area contributed by atoms with Gasteiger partial charge in [0.25, 0.3) is 0 Å². The van der Waals surface area contributed by atoms with Crippen LogP contribution in [0.25, 0.3) is 0 Å². The molecule has 0 bridgehead atoms. The molecule has 3 aromatic rings. The normalized spacial score (nSPS) is 17.7. The first kappa shape index (κ1) is 37.1. The van der Waals surface area contributed by atoms with Crippen LogP contribution in [0.4, 0.5) is 5.69 Å². The van der Waals surface area contributed by atoms with Crippen LogP contribution < -0.4 is 22.1 Å². The van der Waals surface area contributed by atoms with Crippen molar-refractivity contribution in [1.82, 2.24) is 15.1 Å². The highest BCUT2D eigenvalue weighted by Crippen LogP contribution is 2.27. The molecule has 1 aliphatic heterocycles. The second-order valence-corrected chi connectivity index (χ2v) is 13.7. The molecule has 0 aliphatic carbocycles. The predicted molar refractivity (Wildman–Crippen MR) is 198 cm³/mol. The van der Waals surface area contributed by atoms with Crippen molar-refractivity contribution in [2.45, 2.75) is 89.4 Å². The van der Waals surface area contributed by atoms with Crippen molar-refractivity contribution in [2.75, 3.05) is 38.0 Å². The molecule has 1 saturated heterocycles. The quantitative estimate of drug-likeness (QED) is 0.132. The summed E-state index contributed by atoms with van der Waals surface area (Å²) >= 11 is 0. The molecule has 1 fully saturated rings. The lowest BCUT2D eigenvalue weighted by molar-refractivity contribution is -0.149. The zero-order chi connectivity index (χ0) is 34.1. The first-order valence-electron chi connectivity index (χ1n) is 18.0. The summed E-state index contributed by atoms with van der Waals surface area (Å²) in [7, 11) is 0. The van der Waals surface area contributed by atoms with E-state index in [1.807, 2.05) is 71.6 Å². The van der Waals surface area contributed by atoms with Gasteiger partial charge in [0.1, 0.15) is 6.04 Å². The topological polar surface area (TPSA) is 117 Å². The Morgan fingerprint density at radius 3 is 1.92 bits per heavy atom. The van der Waals surface area contributed by atoms with Crippen LogP contribution in [0.3, 0.4) is 0 Å². The van der Waals surface area contributed by atoms with Crippen molar-refractivity contribution < 1.29 is 9.59 Å². The Labute approximate surface area is 288 Å². The molecule has 0 radical (unpaired) electrons. The summed E-state index contributed by atoms with van der Waals surface area (Å²) in [5, 5.41) is 6.97. The minimum absolute atomic E-state index is 0.00123. The number of hydrogen-bond acceptors (Lipinski definition) is 6. The summed E-state index contributed by atoms with van der Waals surface area (Å²) < 4.78 is 0. The maximum absolute atomic E-state index is 14.7. The Balaban J connectivity index is 1.56. The summed E-state index contributed by atoms with van der Waals surface area (Å²) in [6.45, 7) is 7.69. The van der Waals surface area contributed by atoms with Crippen LogP contribution in [0.15, 0.2) is 91.0 Å². The third kappa shape index (κ3) is 11.8. The molecule has 1 heterocycles. The van der Waals surface area contributed by atoms with Gasteiger partial charge >= 0.3 is 0 Å². The van der Waals surface area contributed by atoms with E-state index in [0.717, 1.165) is 57.3 Å². The van der Waals surface area contributed by atoms with Crippen molar-refractivity contribution in [1.29, 1.82) is 0 Å². The van der Waals surface area contributed by atoms with Gasteiger partial charge < -0.3 is 31.9 Å². The largest absolute Gasteiger partial charge is 0.374 e. The molecule has 260 valence electrons. The van der Waals surface area contributed by atoms with Crippen molar-refractivity contribution in [3.05, 3.63) is 102 Å². The molecular weight excluding hydrogens is 596 g/mol. The second-order valence-electron chi connectivity index (χ2n) is 13.7. The molecule has 1 aliphatic rings. The highest BCUT2D eigenvalue weighted by Gasteiger charge is 2.41. The number of piperazine rings is 1. The number of nitrogens with two attached hydrogens (primary N) is 2. The molecule has 0 saturated carbocycles. The summed E-state index contributed by atoms with van der Waals surface area (Å²) in [6, 6.07) is 29.4. The minimum Gasteiger partial charge on any atom is -0.374 e. The summed E-state index contributed by atoms with van der Waals surface area (Å²) in [6.07, 6.45) is 6.39. The summed E-state index contributed by atoms with van der Waals surface area (Å²) in [5.74, 6) is 0.473. The molecule has 0 spiro atoms. The SMILES string of the molecule is CC(C)C[C@@H]1CN(C(=O)[C@@H](CCc2ccccc2)Nc2ccccc2)[C@@H](CCCCNCCN)CN1C(=O)[C@H](N)CCc1ccccc1. The third-order valence-corrected chi connectivity index (χ3v) is 9.35. The van der Waals surface area contributed by atoms with Crippen LogP contribution >= 0.6 is 0 Å². The molecule has 3 aromatic carbocycles. The number of hydrogen-bond donors (Lipinski definition) is 4. The van der Waals surface area contributed by atoms with Gasteiger partial charge in [-0.2, -0.15) is 0 Å². The Kier molecular flexibility index (Phi) is 15.4. The van der Waals surface area contributed by atoms with Gasteiger partial charge in [-0.3, -0.25) is 9.59 Å². The van der Waals surface area contributed by atoms with Gasteiger partial charge in [0.15, 0.2) is 0 Å². The zero-order valence-electron chi connectivity index (χ0n) is 29.1. The number of amides is 2. The van der Waals surface area contributed by atoms with Crippen LogP contribution in [-0.4, -0.2) is 78.5 Å². The van der Waals surface area contributed by atoms with Crippen LogP contribution in [0, 0.1) is 5.92 Å². The average molecular weight is 655 g/mol. The molecule has 4 rings (SSSR count). The lowest BCUT2D eigenvalue weighted by Crippen LogP contribution is -2.65. The van der Waals surface area contributed by atoms with Gasteiger partial charge in [0.2, 0.25) is 11.8 Å². The lowest BCUT2D eigenvalue weighted by Gasteiger charge is -2.48. The number of benzene rings is 3. The van der Waals surface area contributed by atoms with Crippen molar-refractivity contribution in [2.24, 2.45) is 17.4 Å². The van der Waals surface area contributed by atoms with Crippen molar-refractivity contribution in [3.63, 3.8) is 0 Å². The molecule has 4 atom stereocenters. The number of anilines is 1. The number of rotatable bonds is 19. The van der Waals surface area contributed by atoms with Gasteiger partial charge in [-0.15, -0.1) is 0 Å². The molecule has 6 N–H and O–H groups in total. The molecule has 8 heteroatoms. The number of nitrogens with zero attached hydrogens (tertiary/aromatic N) is 2. The standard InChI is InChI=1S/C40H58N6O2/c1-31(2)28-36-30-45(40(48)38(44-34-18-10-5-11-19-34)24-22-33-16-8-4-9-17-33)35(20-12-13-26-43-27-25-41)29-46(36)39(47)37(42)23-21-32-14-6-3-7-15-32/h3-11,14-19,31,35-38,43-44H,12-13,20-30,41-42H2,1-2H3/t35-,36+,37+,38+/m0/s1. The second kappa shape index (κ2) is 19.9. The smallest absolute Gasteiger partial charge is 0.245 e. The van der Waals surface area contributed by atoms with E-state index in [4.69, 9.17) is 11.5 Å². The van der Waals surface area contributed by atoms with E-state index < -0.39 is 12.1 Å². The first-order valence-corrected chi connectivity index (χ1v) is 18.0. The van der Waals surface area contributed by atoms with E-state index in [9.17, 15) is 9.59 Å². The molecular formula is C40H58N6O2. The molecule has 2 amide bonds. The lowest BCUT2D eigenvalue weighted by atomic mass is 9.93. The monoisotopic (exact) mass is 654 g/mol. The maximum Gasteiger partial charge on any atom is 0.245 e. The summed E-state index contributed by atoms with van der Waals surface area (Å²) in [4.78, 5) is 32.9. The number of carbonyl (C=O) groups excluding carboxylic acids is 2. The zero-order valence-corrected chi connectivity index (χ0v) is 29.1. The maximum atomic E-state index is 14.7. The molecule has 8 nitrogen and oxygen atoms in total. The minimum atomic E-state index is -0.582. The average Bonchev–Trinajstić information content (AvgIpc) is 3.11. The highest BCUT2D eigenvalue weighted by molar-refractivity contribution is 5.86. The number of unbranched alkanes of at least 4 members (excludes halogenated alkanes) is 1. The fourth-order valence-electron chi connectivity index (χ4n) is 6.79. The van der Waals surface area contributed by atoms with Crippen LogP contribution in [0.2, 0.25) is 0 Å². The van der Waals surface area contributed by atoms with E-state index in [0.29, 0.717) is 38.4 Å². The van der Waals surface area contributed by atoms with E-state index in [2.05, 4.69) is 53.6 Å². The van der Waals surface area contributed by atoms with E-state index in [1.165, 1.54) is 11.1 Å². The molecule has 48 heavy (non-hydrogen) atoms. The Morgan fingerprint density at radius 2 is 1.31 bits per heavy atom. The fraction of sp³-hybridized carbons (Fsp3) is 0.500. The van der Waals surface area contributed by atoms with Gasteiger partial charge in [0.05, 0.1) is 6.04 Å². The fourth-order valence-corrected chi connectivity index (χ4v) is 6.79. The van der Waals surface area contributed by atoms with Gasteiger partial charge in [0, 0.05) is 44.0 Å². The number of nitrogens with one attached hydrogen (secondary N) is 2. The van der Waals surface area contributed by atoms with Crippen molar-refractivity contribution >= 4 is 17.5 Å². The molecule has 0 unspecified atom stereocenters. The third-order valence-electron chi connectivity index (χ3n) is 9.35. The highest BCUT2D eigenvalue weighted by atomic mass is 16.2. The van der Waals surface area contributed by atoms with E-state index in [-0.39, 0.29) is 23.9 Å².